The number of halogens is 2. The number of fused-ring (bicyclic) bond motifs is 1. The lowest BCUT2D eigenvalue weighted by atomic mass is 10.00. The van der Waals surface area contributed by atoms with Crippen molar-refractivity contribution in [3.05, 3.63) is 24.0 Å². The van der Waals surface area contributed by atoms with Crippen LogP contribution in [0.1, 0.15) is 32.0 Å². The third-order valence-corrected chi connectivity index (χ3v) is 7.30. The zero-order chi connectivity index (χ0) is 21.5. The van der Waals surface area contributed by atoms with Crippen LogP contribution in [-0.4, -0.2) is 55.9 Å². The molecule has 1 aromatic heterocycles. The Hall–Kier alpha value is -1.82. The van der Waals surface area contributed by atoms with E-state index in [1.165, 1.54) is 13.1 Å². The summed E-state index contributed by atoms with van der Waals surface area (Å²) in [5, 5.41) is 0. The number of hydrogen-bond donors (Lipinski definition) is 0. The van der Waals surface area contributed by atoms with Gasteiger partial charge in [-0.25, -0.2) is 4.98 Å². The molecule has 4 rings (SSSR count). The molecular formula is C19H26F2N4O4S. The number of imidazole rings is 1. The molecule has 0 saturated carbocycles. The molecule has 11 heteroatoms. The normalized spacial score (nSPS) is 19.6. The van der Waals surface area contributed by atoms with E-state index in [0.717, 1.165) is 28.5 Å². The van der Waals surface area contributed by atoms with Gasteiger partial charge >= 0.3 is 16.1 Å². The lowest BCUT2D eigenvalue weighted by molar-refractivity contribution is -0.0285. The van der Waals surface area contributed by atoms with Crippen LogP contribution in [-0.2, 0) is 32.3 Å². The van der Waals surface area contributed by atoms with E-state index in [1.807, 2.05) is 0 Å². The summed E-state index contributed by atoms with van der Waals surface area (Å²) in [5.41, 5.74) is 1.23. The van der Waals surface area contributed by atoms with Crippen LogP contribution in [0.3, 0.4) is 0 Å². The van der Waals surface area contributed by atoms with Crippen molar-refractivity contribution in [3.63, 3.8) is 0 Å². The number of ether oxygens (including phenoxy) is 1. The standard InChI is InChI=1S/C19H26F2N4O4S/c1-19(20,21)18-22-16-12-15(23(2)30(26,27)25-8-3-9-29-25)4-5-17(16)24(18)13-14-6-10-28-11-7-14/h4-5,12,14H,3,6-11,13H2,1-2H3. The molecule has 0 amide bonds. The van der Waals surface area contributed by atoms with Crippen molar-refractivity contribution in [1.82, 2.24) is 14.0 Å². The largest absolute Gasteiger partial charge is 0.381 e. The Balaban J connectivity index is 1.70. The van der Waals surface area contributed by atoms with Crippen LogP contribution in [0, 0.1) is 5.92 Å². The first-order valence-electron chi connectivity index (χ1n) is 10.0. The smallest absolute Gasteiger partial charge is 0.326 e. The quantitative estimate of drug-likeness (QED) is 0.685. The number of hydroxylamine groups is 1. The highest BCUT2D eigenvalue weighted by molar-refractivity contribution is 7.90. The van der Waals surface area contributed by atoms with Gasteiger partial charge in [0.1, 0.15) is 0 Å². The average molecular weight is 445 g/mol. The maximum absolute atomic E-state index is 14.3. The Morgan fingerprint density at radius 1 is 1.27 bits per heavy atom. The minimum absolute atomic E-state index is 0.229. The summed E-state index contributed by atoms with van der Waals surface area (Å²) in [5.74, 6) is -3.20. The van der Waals surface area contributed by atoms with Gasteiger partial charge in [0.15, 0.2) is 5.82 Å². The highest BCUT2D eigenvalue weighted by atomic mass is 32.2. The molecule has 0 bridgehead atoms. The first kappa shape index (κ1) is 21.4. The van der Waals surface area contributed by atoms with E-state index in [1.54, 1.807) is 16.7 Å². The summed E-state index contributed by atoms with van der Waals surface area (Å²) >= 11 is 0. The summed E-state index contributed by atoms with van der Waals surface area (Å²) in [6.45, 7) is 3.13. The van der Waals surface area contributed by atoms with E-state index in [9.17, 15) is 17.2 Å². The molecule has 0 unspecified atom stereocenters. The van der Waals surface area contributed by atoms with E-state index in [4.69, 9.17) is 9.57 Å². The Kier molecular flexibility index (Phi) is 5.73. The molecule has 2 aliphatic rings. The maximum Gasteiger partial charge on any atom is 0.326 e. The summed E-state index contributed by atoms with van der Waals surface area (Å²) in [6.07, 6.45) is 2.24. The molecule has 0 spiro atoms. The third-order valence-electron chi connectivity index (χ3n) is 5.59. The van der Waals surface area contributed by atoms with Gasteiger partial charge in [-0.1, -0.05) is 4.47 Å². The summed E-state index contributed by atoms with van der Waals surface area (Å²) in [4.78, 5) is 9.36. The molecule has 166 valence electrons. The van der Waals surface area contributed by atoms with Crippen LogP contribution in [0.4, 0.5) is 14.5 Å². The van der Waals surface area contributed by atoms with Crippen molar-refractivity contribution >= 4 is 26.9 Å². The van der Waals surface area contributed by atoms with Crippen LogP contribution in [0.15, 0.2) is 18.2 Å². The summed E-state index contributed by atoms with van der Waals surface area (Å²) in [6, 6.07) is 4.79. The van der Waals surface area contributed by atoms with Crippen molar-refractivity contribution < 1.29 is 26.8 Å². The van der Waals surface area contributed by atoms with Gasteiger partial charge in [-0.05, 0) is 43.4 Å². The Bertz CT molecular complexity index is 1010. The minimum atomic E-state index is -3.87. The number of aromatic nitrogens is 2. The molecule has 2 aromatic rings. The summed E-state index contributed by atoms with van der Waals surface area (Å²) in [7, 11) is -2.46. The van der Waals surface area contributed by atoms with Crippen molar-refractivity contribution in [2.75, 3.05) is 37.7 Å². The molecule has 8 nitrogen and oxygen atoms in total. The molecule has 2 fully saturated rings. The van der Waals surface area contributed by atoms with E-state index < -0.39 is 16.1 Å². The van der Waals surface area contributed by atoms with E-state index in [0.29, 0.717) is 49.5 Å². The van der Waals surface area contributed by atoms with Gasteiger partial charge < -0.3 is 9.30 Å². The molecule has 0 aliphatic carbocycles. The summed E-state index contributed by atoms with van der Waals surface area (Å²) < 4.78 is 63.1. The number of hydrogen-bond acceptors (Lipinski definition) is 5. The van der Waals surface area contributed by atoms with Crippen LogP contribution in [0.2, 0.25) is 0 Å². The molecule has 0 N–H and O–H groups in total. The SMILES string of the molecule is CN(c1ccc2c(c1)nc(C(C)(F)F)n2CC1CCOCC1)S(=O)(=O)N1CCCO1. The number of anilines is 1. The highest BCUT2D eigenvalue weighted by Gasteiger charge is 2.34. The van der Waals surface area contributed by atoms with Crippen molar-refractivity contribution in [2.45, 2.75) is 38.7 Å². The van der Waals surface area contributed by atoms with Gasteiger partial charge in [0.25, 0.3) is 0 Å². The molecule has 3 heterocycles. The number of benzene rings is 1. The van der Waals surface area contributed by atoms with Gasteiger partial charge in [0, 0.05) is 40.3 Å². The molecule has 2 saturated heterocycles. The van der Waals surface area contributed by atoms with Crippen LogP contribution < -0.4 is 4.31 Å². The predicted octanol–water partition coefficient (Wildman–Crippen LogP) is 2.89. The lowest BCUT2D eigenvalue weighted by Gasteiger charge is -2.25. The average Bonchev–Trinajstić information content (AvgIpc) is 3.36. The van der Waals surface area contributed by atoms with Gasteiger partial charge in [0.2, 0.25) is 0 Å². The Labute approximate surface area is 174 Å². The van der Waals surface area contributed by atoms with Gasteiger partial charge in [-0.2, -0.15) is 17.2 Å². The molecule has 0 atom stereocenters. The van der Waals surface area contributed by atoms with Crippen molar-refractivity contribution in [2.24, 2.45) is 5.92 Å². The zero-order valence-corrected chi connectivity index (χ0v) is 17.9. The maximum atomic E-state index is 14.3. The number of rotatable bonds is 6. The van der Waals surface area contributed by atoms with Gasteiger partial charge in [-0.15, -0.1) is 0 Å². The van der Waals surface area contributed by atoms with Crippen LogP contribution in [0.5, 0.6) is 0 Å². The fourth-order valence-corrected chi connectivity index (χ4v) is 5.12. The number of alkyl halides is 2. The molecule has 2 aliphatic heterocycles. The van der Waals surface area contributed by atoms with Crippen molar-refractivity contribution in [1.29, 1.82) is 0 Å². The third kappa shape index (κ3) is 4.03. The molecule has 0 radical (unpaired) electrons. The van der Waals surface area contributed by atoms with E-state index in [-0.39, 0.29) is 18.3 Å². The van der Waals surface area contributed by atoms with Crippen LogP contribution in [0.25, 0.3) is 11.0 Å². The predicted molar refractivity (Wildman–Crippen MR) is 107 cm³/mol. The highest BCUT2D eigenvalue weighted by Crippen LogP contribution is 2.33. The minimum Gasteiger partial charge on any atom is -0.381 e. The fourth-order valence-electron chi connectivity index (χ4n) is 3.90. The monoisotopic (exact) mass is 444 g/mol. The zero-order valence-electron chi connectivity index (χ0n) is 17.1. The number of nitrogens with zero attached hydrogens (tertiary/aromatic N) is 4. The second kappa shape index (κ2) is 8.03. The molecule has 30 heavy (non-hydrogen) atoms. The van der Waals surface area contributed by atoms with Gasteiger partial charge in [-0.3, -0.25) is 9.14 Å². The fraction of sp³-hybridized carbons (Fsp3) is 0.632. The first-order chi connectivity index (χ1) is 14.2. The van der Waals surface area contributed by atoms with E-state index >= 15 is 0 Å². The van der Waals surface area contributed by atoms with E-state index in [2.05, 4.69) is 4.98 Å². The Morgan fingerprint density at radius 3 is 2.63 bits per heavy atom. The Morgan fingerprint density at radius 2 is 2.00 bits per heavy atom. The molecule has 1 aromatic carbocycles. The second-order valence-electron chi connectivity index (χ2n) is 7.85. The first-order valence-corrected chi connectivity index (χ1v) is 11.4. The second-order valence-corrected chi connectivity index (χ2v) is 9.70. The van der Waals surface area contributed by atoms with Crippen molar-refractivity contribution in [3.8, 4) is 0 Å². The topological polar surface area (TPSA) is 76.9 Å². The van der Waals surface area contributed by atoms with Gasteiger partial charge in [0.05, 0.1) is 23.3 Å². The van der Waals surface area contributed by atoms with Crippen LogP contribution >= 0.6 is 0 Å². The molecular weight excluding hydrogens is 418 g/mol. The lowest BCUT2D eigenvalue weighted by Crippen LogP contribution is -2.39.